The molecule has 1 heterocycles. The van der Waals surface area contributed by atoms with Crippen LogP contribution in [0, 0.1) is 11.8 Å². The summed E-state index contributed by atoms with van der Waals surface area (Å²) in [5.74, 6) is 1.46. The summed E-state index contributed by atoms with van der Waals surface area (Å²) in [6, 6.07) is -0.296. The zero-order chi connectivity index (χ0) is 12.4. The third-order valence-corrected chi connectivity index (χ3v) is 4.17. The molecule has 2 aliphatic rings. The van der Waals surface area contributed by atoms with E-state index in [0.717, 1.165) is 12.5 Å². The van der Waals surface area contributed by atoms with Crippen molar-refractivity contribution in [1.29, 1.82) is 0 Å². The van der Waals surface area contributed by atoms with Crippen LogP contribution in [0.3, 0.4) is 0 Å². The number of carbonyl (C=O) groups is 2. The summed E-state index contributed by atoms with van der Waals surface area (Å²) < 4.78 is 0. The molecule has 2 rings (SSSR count). The Morgan fingerprint density at radius 3 is 2.47 bits per heavy atom. The topological polar surface area (TPSA) is 49.4 Å². The van der Waals surface area contributed by atoms with Gasteiger partial charge in [0, 0.05) is 6.54 Å². The second kappa shape index (κ2) is 5.07. The standard InChI is InChI=1S/C13H22N2O2/c1-9-3-5-11(6-4-9)8-15-10(2)13(17)14-7-12(15)16/h9-11H,3-8H2,1-2H3,(H,14,17). The minimum Gasteiger partial charge on any atom is -0.345 e. The molecule has 1 N–H and O–H groups in total. The zero-order valence-electron chi connectivity index (χ0n) is 10.7. The number of hydrogen-bond donors (Lipinski definition) is 1. The van der Waals surface area contributed by atoms with Crippen LogP contribution in [0.2, 0.25) is 0 Å². The van der Waals surface area contributed by atoms with Gasteiger partial charge in [-0.1, -0.05) is 19.8 Å². The molecular formula is C13H22N2O2. The SMILES string of the molecule is CC1CCC(CN2C(=O)CNC(=O)C2C)CC1. The van der Waals surface area contributed by atoms with Crippen LogP contribution in [0.15, 0.2) is 0 Å². The summed E-state index contributed by atoms with van der Waals surface area (Å²) in [4.78, 5) is 25.1. The predicted molar refractivity (Wildman–Crippen MR) is 65.3 cm³/mol. The molecule has 4 nitrogen and oxygen atoms in total. The summed E-state index contributed by atoms with van der Waals surface area (Å²) in [6.07, 6.45) is 4.90. The Labute approximate surface area is 103 Å². The Bertz CT molecular complexity index is 309. The van der Waals surface area contributed by atoms with Crippen LogP contribution in [-0.4, -0.2) is 35.8 Å². The molecule has 0 aromatic rings. The Morgan fingerprint density at radius 2 is 1.82 bits per heavy atom. The number of carbonyl (C=O) groups excluding carboxylic acids is 2. The predicted octanol–water partition coefficient (Wildman–Crippen LogP) is 1.16. The molecule has 0 radical (unpaired) electrons. The summed E-state index contributed by atoms with van der Waals surface area (Å²) in [5.41, 5.74) is 0. The van der Waals surface area contributed by atoms with Gasteiger partial charge in [0.15, 0.2) is 0 Å². The number of nitrogens with zero attached hydrogens (tertiary/aromatic N) is 1. The number of rotatable bonds is 2. The Hall–Kier alpha value is -1.06. The maximum Gasteiger partial charge on any atom is 0.242 e. The summed E-state index contributed by atoms with van der Waals surface area (Å²) >= 11 is 0. The molecular weight excluding hydrogens is 216 g/mol. The van der Waals surface area contributed by atoms with E-state index >= 15 is 0 Å². The van der Waals surface area contributed by atoms with Crippen molar-refractivity contribution in [3.05, 3.63) is 0 Å². The van der Waals surface area contributed by atoms with Gasteiger partial charge in [0.05, 0.1) is 6.54 Å². The molecule has 17 heavy (non-hydrogen) atoms. The number of nitrogens with one attached hydrogen (secondary N) is 1. The smallest absolute Gasteiger partial charge is 0.242 e. The first-order valence-corrected chi connectivity index (χ1v) is 6.65. The molecule has 1 aliphatic carbocycles. The van der Waals surface area contributed by atoms with E-state index in [9.17, 15) is 9.59 Å². The van der Waals surface area contributed by atoms with Crippen molar-refractivity contribution < 1.29 is 9.59 Å². The Balaban J connectivity index is 1.92. The molecule has 1 saturated carbocycles. The van der Waals surface area contributed by atoms with Gasteiger partial charge in [-0.2, -0.15) is 0 Å². The highest BCUT2D eigenvalue weighted by molar-refractivity contribution is 5.94. The summed E-state index contributed by atoms with van der Waals surface area (Å²) in [6.45, 7) is 5.04. The highest BCUT2D eigenvalue weighted by Crippen LogP contribution is 2.29. The van der Waals surface area contributed by atoms with Crippen LogP contribution >= 0.6 is 0 Å². The normalized spacial score (nSPS) is 34.7. The van der Waals surface area contributed by atoms with Gasteiger partial charge in [-0.25, -0.2) is 0 Å². The lowest BCUT2D eigenvalue weighted by Crippen LogP contribution is -2.58. The molecule has 4 heteroatoms. The third-order valence-electron chi connectivity index (χ3n) is 4.17. The van der Waals surface area contributed by atoms with Crippen molar-refractivity contribution in [3.63, 3.8) is 0 Å². The van der Waals surface area contributed by atoms with Crippen molar-refractivity contribution in [3.8, 4) is 0 Å². The first kappa shape index (κ1) is 12.4. The molecule has 2 amide bonds. The first-order valence-electron chi connectivity index (χ1n) is 6.65. The quantitative estimate of drug-likeness (QED) is 0.785. The lowest BCUT2D eigenvalue weighted by atomic mass is 9.82. The van der Waals surface area contributed by atoms with E-state index in [-0.39, 0.29) is 24.4 Å². The van der Waals surface area contributed by atoms with E-state index in [2.05, 4.69) is 12.2 Å². The third kappa shape index (κ3) is 2.79. The minimum absolute atomic E-state index is 0.0197. The fraction of sp³-hybridized carbons (Fsp3) is 0.846. The van der Waals surface area contributed by atoms with Gasteiger partial charge in [-0.3, -0.25) is 9.59 Å². The Morgan fingerprint density at radius 1 is 1.18 bits per heavy atom. The average molecular weight is 238 g/mol. The monoisotopic (exact) mass is 238 g/mol. The summed E-state index contributed by atoms with van der Waals surface area (Å²) in [5, 5.41) is 2.63. The minimum atomic E-state index is -0.296. The van der Waals surface area contributed by atoms with Gasteiger partial charge in [-0.05, 0) is 31.6 Å². The molecule has 2 fully saturated rings. The van der Waals surface area contributed by atoms with Crippen LogP contribution < -0.4 is 5.32 Å². The van der Waals surface area contributed by atoms with Crippen LogP contribution in [0.1, 0.15) is 39.5 Å². The van der Waals surface area contributed by atoms with E-state index in [0.29, 0.717) is 5.92 Å². The Kier molecular flexibility index (Phi) is 3.69. The molecule has 0 bridgehead atoms. The molecule has 1 unspecified atom stereocenters. The lowest BCUT2D eigenvalue weighted by molar-refractivity contribution is -0.145. The lowest BCUT2D eigenvalue weighted by Gasteiger charge is -2.37. The van der Waals surface area contributed by atoms with Gasteiger partial charge in [0.2, 0.25) is 11.8 Å². The van der Waals surface area contributed by atoms with E-state index in [1.807, 2.05) is 6.92 Å². The van der Waals surface area contributed by atoms with Gasteiger partial charge in [0.25, 0.3) is 0 Å². The van der Waals surface area contributed by atoms with Crippen LogP contribution in [-0.2, 0) is 9.59 Å². The maximum absolute atomic E-state index is 11.8. The van der Waals surface area contributed by atoms with Crippen LogP contribution in [0.5, 0.6) is 0 Å². The van der Waals surface area contributed by atoms with E-state index in [1.165, 1.54) is 25.7 Å². The van der Waals surface area contributed by atoms with E-state index in [1.54, 1.807) is 4.90 Å². The van der Waals surface area contributed by atoms with Crippen LogP contribution in [0.25, 0.3) is 0 Å². The molecule has 0 aromatic heterocycles. The molecule has 96 valence electrons. The average Bonchev–Trinajstić information content (AvgIpc) is 2.32. The van der Waals surface area contributed by atoms with Crippen molar-refractivity contribution in [1.82, 2.24) is 10.2 Å². The molecule has 1 atom stereocenters. The number of piperazine rings is 1. The fourth-order valence-corrected chi connectivity index (χ4v) is 2.82. The second-order valence-corrected chi connectivity index (χ2v) is 5.57. The van der Waals surface area contributed by atoms with E-state index in [4.69, 9.17) is 0 Å². The molecule has 0 aromatic carbocycles. The van der Waals surface area contributed by atoms with Gasteiger partial charge >= 0.3 is 0 Å². The first-order chi connectivity index (χ1) is 8.08. The zero-order valence-corrected chi connectivity index (χ0v) is 10.7. The highest BCUT2D eigenvalue weighted by atomic mass is 16.2. The highest BCUT2D eigenvalue weighted by Gasteiger charge is 2.33. The maximum atomic E-state index is 11.8. The molecule has 1 aliphatic heterocycles. The van der Waals surface area contributed by atoms with Crippen molar-refractivity contribution in [2.24, 2.45) is 11.8 Å². The fourth-order valence-electron chi connectivity index (χ4n) is 2.82. The molecule has 1 saturated heterocycles. The van der Waals surface area contributed by atoms with Gasteiger partial charge < -0.3 is 10.2 Å². The van der Waals surface area contributed by atoms with E-state index < -0.39 is 0 Å². The largest absolute Gasteiger partial charge is 0.345 e. The second-order valence-electron chi connectivity index (χ2n) is 5.57. The van der Waals surface area contributed by atoms with Gasteiger partial charge in [0.1, 0.15) is 6.04 Å². The van der Waals surface area contributed by atoms with Crippen molar-refractivity contribution >= 4 is 11.8 Å². The number of amides is 2. The summed E-state index contributed by atoms with van der Waals surface area (Å²) in [7, 11) is 0. The number of hydrogen-bond acceptors (Lipinski definition) is 2. The van der Waals surface area contributed by atoms with Crippen LogP contribution in [0.4, 0.5) is 0 Å². The van der Waals surface area contributed by atoms with Gasteiger partial charge in [-0.15, -0.1) is 0 Å². The van der Waals surface area contributed by atoms with Crippen molar-refractivity contribution in [2.45, 2.75) is 45.6 Å². The molecule has 0 spiro atoms. The van der Waals surface area contributed by atoms with Crippen molar-refractivity contribution in [2.75, 3.05) is 13.1 Å².